The standard InChI is InChI=1S/C10H6Cl2O5S/c11-5-3-6-8(18-10(15)17-6)7(12)4(5)1-2-16-9(13)14/h3H,1-2H2,(H,13,14). The molecule has 0 saturated heterocycles. The van der Waals surface area contributed by atoms with Crippen molar-refractivity contribution < 1.29 is 19.1 Å². The molecular weight excluding hydrogens is 303 g/mol. The van der Waals surface area contributed by atoms with Gasteiger partial charge in [-0.3, -0.25) is 0 Å². The predicted molar refractivity (Wildman–Crippen MR) is 68.1 cm³/mol. The molecule has 96 valence electrons. The lowest BCUT2D eigenvalue weighted by atomic mass is 10.1. The molecule has 2 rings (SSSR count). The molecule has 0 aliphatic carbocycles. The molecule has 0 fully saturated rings. The summed E-state index contributed by atoms with van der Waals surface area (Å²) in [5, 5.41) is 8.96. The van der Waals surface area contributed by atoms with Gasteiger partial charge in [-0.05, 0) is 5.56 Å². The van der Waals surface area contributed by atoms with Crippen LogP contribution in [0.5, 0.6) is 0 Å². The maximum Gasteiger partial charge on any atom is 0.505 e. The maximum absolute atomic E-state index is 11.1. The number of hydrogen-bond donors (Lipinski definition) is 1. The minimum absolute atomic E-state index is 0.0625. The summed E-state index contributed by atoms with van der Waals surface area (Å²) in [6.07, 6.45) is -1.14. The average molecular weight is 309 g/mol. The van der Waals surface area contributed by atoms with Crippen molar-refractivity contribution in [2.75, 3.05) is 6.61 Å². The lowest BCUT2D eigenvalue weighted by molar-refractivity contribution is 0.0927. The topological polar surface area (TPSA) is 76.7 Å². The Morgan fingerprint density at radius 2 is 2.22 bits per heavy atom. The van der Waals surface area contributed by atoms with E-state index in [2.05, 4.69) is 4.74 Å². The fourth-order valence-electron chi connectivity index (χ4n) is 1.45. The van der Waals surface area contributed by atoms with Gasteiger partial charge in [-0.25, -0.2) is 9.59 Å². The maximum atomic E-state index is 11.1. The molecule has 18 heavy (non-hydrogen) atoms. The SMILES string of the molecule is O=C(O)OCCc1c(Cl)cc2oc(=O)sc2c1Cl. The summed E-state index contributed by atoms with van der Waals surface area (Å²) >= 11 is 13.0. The Labute approximate surface area is 114 Å². The summed E-state index contributed by atoms with van der Waals surface area (Å²) < 4.78 is 9.78. The Balaban J connectivity index is 2.37. The Morgan fingerprint density at radius 1 is 1.50 bits per heavy atom. The number of carboxylic acid groups (broad SMARTS) is 1. The van der Waals surface area contributed by atoms with Gasteiger partial charge in [-0.1, -0.05) is 34.5 Å². The number of benzene rings is 1. The monoisotopic (exact) mass is 308 g/mol. The smallest absolute Gasteiger partial charge is 0.450 e. The number of rotatable bonds is 3. The molecule has 0 saturated carbocycles. The first-order valence-corrected chi connectivity index (χ1v) is 6.32. The normalized spacial score (nSPS) is 10.8. The van der Waals surface area contributed by atoms with Crippen molar-refractivity contribution in [3.63, 3.8) is 0 Å². The van der Waals surface area contributed by atoms with Crippen LogP contribution in [-0.4, -0.2) is 17.9 Å². The highest BCUT2D eigenvalue weighted by Crippen LogP contribution is 2.35. The third kappa shape index (κ3) is 2.60. The predicted octanol–water partition coefficient (Wildman–Crippen LogP) is 3.40. The summed E-state index contributed by atoms with van der Waals surface area (Å²) in [5.74, 6) is 0. The highest BCUT2D eigenvalue weighted by atomic mass is 35.5. The highest BCUT2D eigenvalue weighted by molar-refractivity contribution is 7.16. The number of fused-ring (bicyclic) bond motifs is 1. The van der Waals surface area contributed by atoms with Crippen molar-refractivity contribution >= 4 is 51.0 Å². The molecule has 1 aromatic carbocycles. The summed E-state index contributed by atoms with van der Waals surface area (Å²) in [6, 6.07) is 1.48. The molecular formula is C10H6Cl2O5S. The Bertz CT molecular complexity index is 660. The van der Waals surface area contributed by atoms with Gasteiger partial charge in [0.1, 0.15) is 0 Å². The second-order valence-corrected chi connectivity index (χ2v) is 5.03. The zero-order valence-electron chi connectivity index (χ0n) is 8.74. The van der Waals surface area contributed by atoms with Crippen LogP contribution in [0, 0.1) is 0 Å². The number of carbonyl (C=O) groups is 1. The first kappa shape index (κ1) is 13.2. The van der Waals surface area contributed by atoms with E-state index in [1.807, 2.05) is 0 Å². The van der Waals surface area contributed by atoms with Gasteiger partial charge in [0.15, 0.2) is 5.58 Å². The molecule has 0 aliphatic heterocycles. The van der Waals surface area contributed by atoms with E-state index in [1.54, 1.807) is 0 Å². The molecule has 0 bridgehead atoms. The van der Waals surface area contributed by atoms with Gasteiger partial charge in [0.2, 0.25) is 0 Å². The largest absolute Gasteiger partial charge is 0.505 e. The summed E-state index contributed by atoms with van der Waals surface area (Å²) in [4.78, 5) is 20.9. The van der Waals surface area contributed by atoms with Gasteiger partial charge in [-0.2, -0.15) is 0 Å². The van der Waals surface area contributed by atoms with Crippen molar-refractivity contribution in [2.45, 2.75) is 6.42 Å². The van der Waals surface area contributed by atoms with Gasteiger partial charge in [0.05, 0.1) is 16.3 Å². The third-order valence-corrected chi connectivity index (χ3v) is 3.92. The number of hydrogen-bond acceptors (Lipinski definition) is 5. The van der Waals surface area contributed by atoms with Crippen molar-refractivity contribution in [1.29, 1.82) is 0 Å². The molecule has 8 heteroatoms. The first-order valence-electron chi connectivity index (χ1n) is 4.75. The Morgan fingerprint density at radius 3 is 2.89 bits per heavy atom. The van der Waals surface area contributed by atoms with E-state index in [1.165, 1.54) is 6.07 Å². The quantitative estimate of drug-likeness (QED) is 0.879. The molecule has 0 radical (unpaired) electrons. The van der Waals surface area contributed by atoms with Crippen LogP contribution in [0.2, 0.25) is 10.0 Å². The number of ether oxygens (including phenoxy) is 1. The molecule has 0 unspecified atom stereocenters. The second-order valence-electron chi connectivity index (χ2n) is 3.30. The van der Waals surface area contributed by atoms with Crippen molar-refractivity contribution in [3.05, 3.63) is 31.4 Å². The Hall–Kier alpha value is -1.24. The average Bonchev–Trinajstić information content (AvgIpc) is 2.63. The molecule has 0 atom stereocenters. The van der Waals surface area contributed by atoms with Gasteiger partial charge >= 0.3 is 11.1 Å². The molecule has 5 nitrogen and oxygen atoms in total. The molecule has 2 aromatic rings. The molecule has 1 N–H and O–H groups in total. The lowest BCUT2D eigenvalue weighted by Crippen LogP contribution is -2.05. The fourth-order valence-corrected chi connectivity index (χ4v) is 2.91. The van der Waals surface area contributed by atoms with Crippen LogP contribution in [0.25, 0.3) is 10.3 Å². The van der Waals surface area contributed by atoms with Crippen molar-refractivity contribution in [1.82, 2.24) is 0 Å². The van der Waals surface area contributed by atoms with Crippen LogP contribution >= 0.6 is 34.5 Å². The van der Waals surface area contributed by atoms with E-state index >= 15 is 0 Å². The van der Waals surface area contributed by atoms with E-state index in [0.29, 0.717) is 25.9 Å². The number of halogens is 2. The van der Waals surface area contributed by atoms with E-state index in [9.17, 15) is 9.59 Å². The van der Waals surface area contributed by atoms with E-state index < -0.39 is 11.1 Å². The minimum atomic E-state index is -1.36. The minimum Gasteiger partial charge on any atom is -0.450 e. The van der Waals surface area contributed by atoms with Crippen molar-refractivity contribution in [3.8, 4) is 0 Å². The lowest BCUT2D eigenvalue weighted by Gasteiger charge is -2.06. The zero-order chi connectivity index (χ0) is 13.3. The van der Waals surface area contributed by atoms with Gasteiger partial charge < -0.3 is 14.3 Å². The highest BCUT2D eigenvalue weighted by Gasteiger charge is 2.15. The van der Waals surface area contributed by atoms with Gasteiger partial charge in [-0.15, -0.1) is 0 Å². The van der Waals surface area contributed by atoms with Crippen LogP contribution in [0.3, 0.4) is 0 Å². The van der Waals surface area contributed by atoms with E-state index in [0.717, 1.165) is 11.3 Å². The summed E-state index contributed by atoms with van der Waals surface area (Å²) in [7, 11) is 0. The molecule has 0 amide bonds. The summed E-state index contributed by atoms with van der Waals surface area (Å²) in [6.45, 7) is -0.0625. The summed E-state index contributed by atoms with van der Waals surface area (Å²) in [5.41, 5.74) is 0.854. The molecule has 1 heterocycles. The van der Waals surface area contributed by atoms with E-state index in [-0.39, 0.29) is 13.0 Å². The second kappa shape index (κ2) is 5.17. The van der Waals surface area contributed by atoms with Crippen LogP contribution in [0.1, 0.15) is 5.56 Å². The van der Waals surface area contributed by atoms with Crippen LogP contribution in [0.4, 0.5) is 4.79 Å². The van der Waals surface area contributed by atoms with Gasteiger partial charge in [0.25, 0.3) is 0 Å². The first-order chi connectivity index (χ1) is 8.49. The third-order valence-electron chi connectivity index (χ3n) is 2.19. The van der Waals surface area contributed by atoms with Crippen LogP contribution < -0.4 is 4.94 Å². The molecule has 0 spiro atoms. The molecule has 1 aromatic heterocycles. The zero-order valence-corrected chi connectivity index (χ0v) is 11.1. The molecule has 0 aliphatic rings. The van der Waals surface area contributed by atoms with E-state index in [4.69, 9.17) is 32.7 Å². The fraction of sp³-hybridized carbons (Fsp3) is 0.200. The van der Waals surface area contributed by atoms with Crippen LogP contribution in [0.15, 0.2) is 15.3 Å². The van der Waals surface area contributed by atoms with Gasteiger partial charge in [0, 0.05) is 17.5 Å². The Kier molecular flexibility index (Phi) is 3.79. The van der Waals surface area contributed by atoms with Crippen LogP contribution in [-0.2, 0) is 11.2 Å². The van der Waals surface area contributed by atoms with Crippen molar-refractivity contribution in [2.24, 2.45) is 0 Å².